The first kappa shape index (κ1) is 72.5. The third-order valence-corrected chi connectivity index (χ3v) is 21.4. The van der Waals surface area contributed by atoms with E-state index in [2.05, 4.69) is 15.2 Å². The Morgan fingerprint density at radius 2 is 1.28 bits per heavy atom. The van der Waals surface area contributed by atoms with E-state index in [9.17, 15) is 66.3 Å². The van der Waals surface area contributed by atoms with Crippen LogP contribution in [0.25, 0.3) is 10.9 Å². The smallest absolute Gasteiger partial charge is 0.294 e. The Hall–Kier alpha value is -7.79. The second-order valence-corrected chi connectivity index (χ2v) is 31.3. The number of methoxy groups -OCH3 is 1. The first-order chi connectivity index (χ1) is 45.2. The number of amides is 2. The largest absolute Gasteiger partial charge is 0.497 e. The number of unbranched alkanes of at least 4 members (excludes halogenated alkanes) is 4. The van der Waals surface area contributed by atoms with Crippen LogP contribution >= 0.6 is 11.6 Å². The summed E-state index contributed by atoms with van der Waals surface area (Å²) in [5.74, 6) is 0.181. The summed E-state index contributed by atoms with van der Waals surface area (Å²) in [6, 6.07) is 26.0. The number of halogens is 1. The zero-order valence-corrected chi connectivity index (χ0v) is 58.1. The summed E-state index contributed by atoms with van der Waals surface area (Å²) in [4.78, 5) is 41.2. The lowest BCUT2D eigenvalue weighted by Gasteiger charge is -2.27. The van der Waals surface area contributed by atoms with Crippen LogP contribution in [0.4, 0.5) is 11.4 Å². The number of carbonyl (C=O) groups excluding carboxylic acids is 3. The number of carbonyl (C=O) groups is 3. The van der Waals surface area contributed by atoms with Crippen LogP contribution in [0.3, 0.4) is 0 Å². The van der Waals surface area contributed by atoms with Gasteiger partial charge in [0.15, 0.2) is 5.71 Å². The maximum Gasteiger partial charge on any atom is 0.294 e. The summed E-state index contributed by atoms with van der Waals surface area (Å²) in [5, 5.41) is 7.19. The standard InChI is InChI=1S/C69H78ClN5O17S4/c1-45-55(56-41-51(91-6)26-31-59(56)75(45)67(78)48-18-22-49(70)23-19-48)44-65(77)72-37-10-9-36-71-64(76)17-8-7-11-38-73-60-32-29-53(95(85,86)87)42-57(60)68(2,3)62(73)34-20-46-15-14-16-47(66(46)92-50-24-27-52(28-25-50)94(82,83)84)21-35-63-69(4,5)58-43-54(96(88,89)90)30-33-61(58)74(63)39-12-13-40-93(79,80)81/h18-35,41-43H,7-17,36-40,44H2,1-6H3,(H5-,71,72,76,77,79,80,81,82,83,84,85,86,87,88,89,90)/p+1. The normalized spacial score (nSPS) is 16.4. The monoisotopic (exact) mass is 1410 g/mol. The van der Waals surface area contributed by atoms with Gasteiger partial charge in [-0.25, -0.2) is 0 Å². The highest BCUT2D eigenvalue weighted by atomic mass is 35.5. The zero-order chi connectivity index (χ0) is 69.7. The van der Waals surface area contributed by atoms with E-state index in [1.807, 2.05) is 69.9 Å². The topological polar surface area (TPSA) is 322 Å². The van der Waals surface area contributed by atoms with Gasteiger partial charge < -0.3 is 25.0 Å². The molecule has 6 N–H and O–H groups in total. The SMILES string of the molecule is COc1ccc2c(c1)c(CC(=O)NCCCCNC(=O)CCCCC[N+]1=C(/C=C/C3=C(Oc4ccc(S(=O)(=O)O)cc4)C(=C/C=C4/N(CCCCS(=O)(=O)O)c5ccc(S(=O)(=O)O)cc5C4(C)C)/CCC3)C(C)(C)c3cc(S(=O)(=O)O)ccc31)c(C)n2C(=O)c1ccc(Cl)cc1. The van der Waals surface area contributed by atoms with Gasteiger partial charge in [0.2, 0.25) is 17.5 Å². The highest BCUT2D eigenvalue weighted by molar-refractivity contribution is 7.86. The maximum atomic E-state index is 13.8. The van der Waals surface area contributed by atoms with Crippen molar-refractivity contribution in [1.82, 2.24) is 15.2 Å². The molecule has 96 heavy (non-hydrogen) atoms. The molecule has 0 spiro atoms. The van der Waals surface area contributed by atoms with E-state index < -0.39 is 57.1 Å². The fourth-order valence-corrected chi connectivity index (χ4v) is 14.9. The van der Waals surface area contributed by atoms with Crippen molar-refractivity contribution in [2.75, 3.05) is 43.9 Å². The summed E-state index contributed by atoms with van der Waals surface area (Å²) in [5.41, 5.74) is 6.19. The van der Waals surface area contributed by atoms with E-state index >= 15 is 0 Å². The van der Waals surface area contributed by atoms with Gasteiger partial charge in [0.05, 0.1) is 44.9 Å². The number of allylic oxidation sites excluding steroid dienone is 7. The van der Waals surface area contributed by atoms with Crippen molar-refractivity contribution in [2.45, 2.75) is 137 Å². The molecule has 9 rings (SSSR count). The quantitative estimate of drug-likeness (QED) is 0.0151. The molecule has 0 saturated carbocycles. The van der Waals surface area contributed by atoms with Crippen LogP contribution < -0.4 is 25.0 Å². The van der Waals surface area contributed by atoms with Crippen molar-refractivity contribution in [1.29, 1.82) is 0 Å². The Morgan fingerprint density at radius 3 is 1.93 bits per heavy atom. The Kier molecular flexibility index (Phi) is 22.3. The maximum absolute atomic E-state index is 13.8. The van der Waals surface area contributed by atoms with Gasteiger partial charge in [-0.15, -0.1) is 0 Å². The van der Waals surface area contributed by atoms with E-state index in [0.717, 1.165) is 22.4 Å². The number of benzene rings is 5. The number of ether oxygens (including phenoxy) is 2. The molecular formula is C69H79ClN5O17S4+. The van der Waals surface area contributed by atoms with Crippen molar-refractivity contribution in [3.8, 4) is 11.5 Å². The second kappa shape index (κ2) is 29.5. The van der Waals surface area contributed by atoms with Crippen molar-refractivity contribution < 1.29 is 80.3 Å². The van der Waals surface area contributed by atoms with Crippen LogP contribution in [0.15, 0.2) is 165 Å². The number of rotatable bonds is 28. The summed E-state index contributed by atoms with van der Waals surface area (Å²) in [6.07, 6.45) is 13.0. The highest BCUT2D eigenvalue weighted by Crippen LogP contribution is 2.49. The lowest BCUT2D eigenvalue weighted by molar-refractivity contribution is -0.438. The van der Waals surface area contributed by atoms with Crippen molar-refractivity contribution in [2.24, 2.45) is 0 Å². The van der Waals surface area contributed by atoms with Gasteiger partial charge in [0.25, 0.3) is 46.4 Å². The molecule has 0 saturated heterocycles. The van der Waals surface area contributed by atoms with Crippen LogP contribution in [0.5, 0.6) is 11.5 Å². The Bertz CT molecular complexity index is 4670. The second-order valence-electron chi connectivity index (χ2n) is 25.1. The highest BCUT2D eigenvalue weighted by Gasteiger charge is 2.45. The Balaban J connectivity index is 0.896. The number of fused-ring (bicyclic) bond motifs is 3. The average Bonchev–Trinajstić information content (AvgIpc) is 1.60. The molecule has 2 amide bonds. The molecule has 3 heterocycles. The average molecular weight is 1410 g/mol. The predicted octanol–water partition coefficient (Wildman–Crippen LogP) is 11.6. The summed E-state index contributed by atoms with van der Waals surface area (Å²) in [7, 11) is -16.4. The number of hydrogen-bond donors (Lipinski definition) is 6. The van der Waals surface area contributed by atoms with E-state index in [4.69, 9.17) is 21.1 Å². The van der Waals surface area contributed by atoms with Gasteiger partial charge in [0, 0.05) is 88.6 Å². The van der Waals surface area contributed by atoms with Crippen LogP contribution in [-0.2, 0) is 67.3 Å². The molecule has 0 atom stereocenters. The lowest BCUT2D eigenvalue weighted by atomic mass is 9.81. The lowest BCUT2D eigenvalue weighted by Crippen LogP contribution is -2.28. The Labute approximate surface area is 565 Å². The van der Waals surface area contributed by atoms with Gasteiger partial charge >= 0.3 is 0 Å². The molecule has 3 aliphatic rings. The fourth-order valence-electron chi connectivity index (χ4n) is 12.7. The van der Waals surface area contributed by atoms with Gasteiger partial charge in [-0.1, -0.05) is 31.5 Å². The van der Waals surface area contributed by atoms with Crippen LogP contribution in [0, 0.1) is 6.92 Å². The minimum Gasteiger partial charge on any atom is -0.497 e. The molecule has 2 aliphatic heterocycles. The van der Waals surface area contributed by atoms with E-state index in [1.165, 1.54) is 48.5 Å². The number of anilines is 1. The summed E-state index contributed by atoms with van der Waals surface area (Å²) in [6.45, 7) is 11.0. The molecule has 0 bridgehead atoms. The van der Waals surface area contributed by atoms with Crippen LogP contribution in [-0.4, -0.2) is 123 Å². The van der Waals surface area contributed by atoms with E-state index in [0.29, 0.717) is 144 Å². The van der Waals surface area contributed by atoms with E-state index in [-0.39, 0.29) is 64.0 Å². The first-order valence-corrected chi connectivity index (χ1v) is 37.7. The van der Waals surface area contributed by atoms with Crippen LogP contribution in [0.1, 0.15) is 131 Å². The number of nitrogens with one attached hydrogen (secondary N) is 2. The molecule has 0 unspecified atom stereocenters. The molecule has 512 valence electrons. The summed E-state index contributed by atoms with van der Waals surface area (Å²) >= 11 is 6.09. The number of nitrogens with zero attached hydrogens (tertiary/aromatic N) is 3. The minimum absolute atomic E-state index is 0.0281. The summed E-state index contributed by atoms with van der Waals surface area (Å²) < 4.78 is 153. The predicted molar refractivity (Wildman–Crippen MR) is 366 cm³/mol. The van der Waals surface area contributed by atoms with Crippen molar-refractivity contribution in [3.05, 3.63) is 183 Å². The van der Waals surface area contributed by atoms with Crippen molar-refractivity contribution in [3.63, 3.8) is 0 Å². The van der Waals surface area contributed by atoms with Gasteiger partial charge in [-0.3, -0.25) is 37.2 Å². The molecule has 22 nitrogen and oxygen atoms in total. The van der Waals surface area contributed by atoms with Gasteiger partial charge in [-0.05, 0) is 210 Å². The molecule has 6 aromatic rings. The third-order valence-electron chi connectivity index (χ3n) is 17.8. The molecule has 1 aliphatic carbocycles. The molecular weight excluding hydrogens is 1330 g/mol. The van der Waals surface area contributed by atoms with Crippen molar-refractivity contribution >= 4 is 97.8 Å². The fraction of sp³-hybridized carbons (Fsp3) is 0.362. The molecule has 0 fully saturated rings. The molecule has 1 aromatic heterocycles. The minimum atomic E-state index is -4.60. The first-order valence-electron chi connectivity index (χ1n) is 31.4. The molecule has 0 radical (unpaired) electrons. The zero-order valence-electron chi connectivity index (χ0n) is 54.1. The van der Waals surface area contributed by atoms with Gasteiger partial charge in [0.1, 0.15) is 23.8 Å². The number of hydrogen-bond acceptors (Lipinski definition) is 14. The van der Waals surface area contributed by atoms with Gasteiger partial charge in [-0.2, -0.15) is 38.2 Å². The van der Waals surface area contributed by atoms with E-state index in [1.54, 1.807) is 60.2 Å². The van der Waals surface area contributed by atoms with Crippen LogP contribution in [0.2, 0.25) is 5.02 Å². The molecule has 27 heteroatoms. The Morgan fingerprint density at radius 1 is 0.656 bits per heavy atom. The number of aromatic nitrogens is 1. The molecule has 5 aromatic carbocycles. The third kappa shape index (κ3) is 16.9.